The first-order valence-electron chi connectivity index (χ1n) is 12.3. The molecule has 2 aliphatic rings. The standard InChI is InChI=1S/C23H32N8O4S2/c1-36(32,33)28-18-7-5-17(6-8-18)26-23-25-11-9-22(27-23)31-12-10-19-20(3-2-4-21(19)31)29-13-15-30(16-14-29)37(24,34)35/h2-4,9-12,17-18,28H,5-8,13-16H2,1H3,(H2,24,34,35)(H,25,26,27)/t17-,18-. The van der Waals surface area contributed by atoms with E-state index in [-0.39, 0.29) is 12.1 Å². The quantitative estimate of drug-likeness (QED) is 0.395. The maximum atomic E-state index is 11.7. The summed E-state index contributed by atoms with van der Waals surface area (Å²) < 4.78 is 52.3. The summed E-state index contributed by atoms with van der Waals surface area (Å²) in [6.07, 6.45) is 8.08. The Morgan fingerprint density at radius 1 is 0.946 bits per heavy atom. The Balaban J connectivity index is 1.30. The number of nitrogens with two attached hydrogens (primary N) is 1. The summed E-state index contributed by atoms with van der Waals surface area (Å²) in [5.74, 6) is 1.27. The zero-order valence-electron chi connectivity index (χ0n) is 20.6. The minimum atomic E-state index is -3.68. The van der Waals surface area contributed by atoms with Gasteiger partial charge >= 0.3 is 0 Å². The highest BCUT2D eigenvalue weighted by Crippen LogP contribution is 2.30. The molecule has 0 atom stereocenters. The topological polar surface area (TPSA) is 156 Å². The van der Waals surface area contributed by atoms with E-state index in [1.807, 2.05) is 41.1 Å². The van der Waals surface area contributed by atoms with E-state index in [2.05, 4.69) is 19.9 Å². The lowest BCUT2D eigenvalue weighted by Crippen LogP contribution is -2.50. The molecule has 4 N–H and O–H groups in total. The van der Waals surface area contributed by atoms with Gasteiger partial charge < -0.3 is 14.8 Å². The van der Waals surface area contributed by atoms with Gasteiger partial charge in [-0.2, -0.15) is 17.7 Å². The fourth-order valence-electron chi connectivity index (χ4n) is 5.20. The van der Waals surface area contributed by atoms with Crippen LogP contribution in [-0.4, -0.2) is 80.2 Å². The molecule has 1 aliphatic heterocycles. The van der Waals surface area contributed by atoms with Crippen molar-refractivity contribution < 1.29 is 16.8 Å². The highest BCUT2D eigenvalue weighted by molar-refractivity contribution is 7.88. The summed E-state index contributed by atoms with van der Waals surface area (Å²) in [5.41, 5.74) is 2.03. The maximum Gasteiger partial charge on any atom is 0.277 e. The third-order valence-electron chi connectivity index (χ3n) is 6.98. The van der Waals surface area contributed by atoms with E-state index in [0.29, 0.717) is 32.1 Å². The van der Waals surface area contributed by atoms with Crippen LogP contribution in [0.15, 0.2) is 42.7 Å². The van der Waals surface area contributed by atoms with Crippen LogP contribution in [0, 0.1) is 0 Å². The van der Waals surface area contributed by atoms with Crippen molar-refractivity contribution in [2.24, 2.45) is 5.14 Å². The monoisotopic (exact) mass is 548 g/mol. The molecule has 3 aromatic rings. The fourth-order valence-corrected chi connectivity index (χ4v) is 6.72. The average molecular weight is 549 g/mol. The molecular formula is C23H32N8O4S2. The van der Waals surface area contributed by atoms with Crippen molar-refractivity contribution in [2.75, 3.05) is 42.7 Å². The lowest BCUT2D eigenvalue weighted by atomic mass is 9.92. The Hall–Kier alpha value is -2.78. The van der Waals surface area contributed by atoms with E-state index in [9.17, 15) is 16.8 Å². The third kappa shape index (κ3) is 6.04. The van der Waals surface area contributed by atoms with Gasteiger partial charge in [0, 0.05) is 61.7 Å². The summed E-state index contributed by atoms with van der Waals surface area (Å²) in [4.78, 5) is 11.3. The van der Waals surface area contributed by atoms with Gasteiger partial charge in [0.15, 0.2) is 0 Å². The van der Waals surface area contributed by atoms with Crippen LogP contribution >= 0.6 is 0 Å². The number of anilines is 2. The molecule has 5 rings (SSSR count). The van der Waals surface area contributed by atoms with Gasteiger partial charge in [-0.3, -0.25) is 0 Å². The van der Waals surface area contributed by atoms with Crippen LogP contribution in [0.1, 0.15) is 25.7 Å². The minimum Gasteiger partial charge on any atom is -0.368 e. The van der Waals surface area contributed by atoms with Crippen molar-refractivity contribution in [3.05, 3.63) is 42.7 Å². The van der Waals surface area contributed by atoms with Crippen LogP contribution < -0.4 is 20.1 Å². The molecule has 0 bridgehead atoms. The van der Waals surface area contributed by atoms with Crippen molar-refractivity contribution in [3.8, 4) is 5.82 Å². The lowest BCUT2D eigenvalue weighted by Gasteiger charge is -2.34. The van der Waals surface area contributed by atoms with E-state index in [1.54, 1.807) is 6.20 Å². The molecule has 200 valence electrons. The predicted octanol–water partition coefficient (Wildman–Crippen LogP) is 1.02. The molecule has 14 heteroatoms. The van der Waals surface area contributed by atoms with Gasteiger partial charge in [0.05, 0.1) is 11.8 Å². The van der Waals surface area contributed by atoms with Gasteiger partial charge in [-0.15, -0.1) is 0 Å². The molecule has 1 saturated carbocycles. The number of hydrogen-bond acceptors (Lipinski definition) is 8. The van der Waals surface area contributed by atoms with Crippen molar-refractivity contribution in [3.63, 3.8) is 0 Å². The van der Waals surface area contributed by atoms with E-state index < -0.39 is 20.2 Å². The molecule has 0 unspecified atom stereocenters. The number of rotatable bonds is 7. The third-order valence-corrected chi connectivity index (χ3v) is 8.82. The zero-order chi connectivity index (χ0) is 26.2. The molecule has 1 aromatic carbocycles. The smallest absolute Gasteiger partial charge is 0.277 e. The summed E-state index contributed by atoms with van der Waals surface area (Å²) >= 11 is 0. The molecule has 2 aromatic heterocycles. The van der Waals surface area contributed by atoms with Gasteiger partial charge in [0.2, 0.25) is 16.0 Å². The molecule has 12 nitrogen and oxygen atoms in total. The number of fused-ring (bicyclic) bond motifs is 1. The van der Waals surface area contributed by atoms with E-state index in [0.717, 1.165) is 48.1 Å². The highest BCUT2D eigenvalue weighted by Gasteiger charge is 2.26. The van der Waals surface area contributed by atoms with Crippen molar-refractivity contribution in [1.29, 1.82) is 0 Å². The molecule has 0 amide bonds. The molecule has 0 spiro atoms. The number of hydrogen-bond donors (Lipinski definition) is 3. The van der Waals surface area contributed by atoms with Crippen LogP contribution in [0.4, 0.5) is 11.6 Å². The van der Waals surface area contributed by atoms with Gasteiger partial charge in [-0.25, -0.2) is 23.3 Å². The van der Waals surface area contributed by atoms with E-state index >= 15 is 0 Å². The summed E-state index contributed by atoms with van der Waals surface area (Å²) in [6, 6.07) is 10.1. The van der Waals surface area contributed by atoms with Crippen LogP contribution in [0.2, 0.25) is 0 Å². The molecule has 1 saturated heterocycles. The maximum absolute atomic E-state index is 11.7. The van der Waals surface area contributed by atoms with E-state index in [1.165, 1.54) is 10.6 Å². The van der Waals surface area contributed by atoms with Gasteiger partial charge in [-0.1, -0.05) is 6.07 Å². The molecule has 2 fully saturated rings. The van der Waals surface area contributed by atoms with Gasteiger partial charge in [-0.05, 0) is 49.9 Å². The van der Waals surface area contributed by atoms with Crippen LogP contribution in [0.3, 0.4) is 0 Å². The lowest BCUT2D eigenvalue weighted by molar-refractivity contribution is 0.386. The van der Waals surface area contributed by atoms with Crippen molar-refractivity contribution >= 4 is 42.8 Å². The van der Waals surface area contributed by atoms with Gasteiger partial charge in [0.1, 0.15) is 5.82 Å². The summed E-state index contributed by atoms with van der Waals surface area (Å²) in [5, 5.41) is 9.75. The Morgan fingerprint density at radius 3 is 2.32 bits per heavy atom. The highest BCUT2D eigenvalue weighted by atomic mass is 32.2. The molecular weight excluding hydrogens is 516 g/mol. The van der Waals surface area contributed by atoms with Crippen molar-refractivity contribution in [1.82, 2.24) is 23.6 Å². The first-order chi connectivity index (χ1) is 17.6. The number of piperazine rings is 1. The summed E-state index contributed by atoms with van der Waals surface area (Å²) in [6.45, 7) is 1.82. The van der Waals surface area contributed by atoms with E-state index in [4.69, 9.17) is 10.1 Å². The Morgan fingerprint density at radius 2 is 1.65 bits per heavy atom. The molecule has 0 radical (unpaired) electrons. The number of sulfonamides is 1. The molecule has 3 heterocycles. The SMILES string of the molecule is CS(=O)(=O)N[C@H]1CC[C@H](Nc2nccc(-n3ccc4c(N5CCN(S(N)(=O)=O)CC5)cccc43)n2)CC1. The second kappa shape index (κ2) is 10.2. The van der Waals surface area contributed by atoms with Crippen LogP contribution in [0.5, 0.6) is 0 Å². The second-order valence-corrected chi connectivity index (χ2v) is 13.0. The van der Waals surface area contributed by atoms with Crippen LogP contribution in [-0.2, 0) is 20.2 Å². The fraction of sp³-hybridized carbons (Fsp3) is 0.478. The molecule has 37 heavy (non-hydrogen) atoms. The van der Waals surface area contributed by atoms with Gasteiger partial charge in [0.25, 0.3) is 10.2 Å². The molecule has 1 aliphatic carbocycles. The predicted molar refractivity (Wildman–Crippen MR) is 143 cm³/mol. The Bertz CT molecular complexity index is 1480. The van der Waals surface area contributed by atoms with Crippen LogP contribution in [0.25, 0.3) is 16.7 Å². The number of aromatic nitrogens is 3. The average Bonchev–Trinajstić information content (AvgIpc) is 3.29. The number of benzene rings is 1. The zero-order valence-corrected chi connectivity index (χ0v) is 22.2. The Labute approximate surface area is 217 Å². The first kappa shape index (κ1) is 25.9. The number of nitrogens with zero attached hydrogens (tertiary/aromatic N) is 5. The largest absolute Gasteiger partial charge is 0.368 e. The number of nitrogens with one attached hydrogen (secondary N) is 2. The second-order valence-electron chi connectivity index (χ2n) is 9.65. The minimum absolute atomic E-state index is 0.0246. The normalized spacial score (nSPS) is 21.8. The summed E-state index contributed by atoms with van der Waals surface area (Å²) in [7, 11) is -6.88. The first-order valence-corrected chi connectivity index (χ1v) is 15.7. The Kier molecular flexibility index (Phi) is 7.11. The van der Waals surface area contributed by atoms with Crippen molar-refractivity contribution in [2.45, 2.75) is 37.8 Å².